The Bertz CT molecular complexity index is 696. The lowest BCUT2D eigenvalue weighted by Gasteiger charge is -2.07. The van der Waals surface area contributed by atoms with Crippen LogP contribution in [0.2, 0.25) is 0 Å². The fraction of sp³-hybridized carbons (Fsp3) is 0.176. The van der Waals surface area contributed by atoms with Crippen LogP contribution in [0.5, 0.6) is 0 Å². The van der Waals surface area contributed by atoms with Gasteiger partial charge in [-0.2, -0.15) is 0 Å². The maximum absolute atomic E-state index is 11.8. The van der Waals surface area contributed by atoms with Gasteiger partial charge in [0.2, 0.25) is 0 Å². The first kappa shape index (κ1) is 14.8. The molecule has 2 rings (SSSR count). The summed E-state index contributed by atoms with van der Waals surface area (Å²) in [4.78, 5) is 23.2. The maximum Gasteiger partial charge on any atom is 0.334 e. The Kier molecular flexibility index (Phi) is 4.72. The summed E-state index contributed by atoms with van der Waals surface area (Å²) in [5.41, 5.74) is 1.12. The molecule has 2 aromatic carbocycles. The number of fused-ring (bicyclic) bond motifs is 1. The summed E-state index contributed by atoms with van der Waals surface area (Å²) >= 11 is 0. The van der Waals surface area contributed by atoms with Crippen molar-refractivity contribution in [3.8, 4) is 0 Å². The first-order valence-corrected chi connectivity index (χ1v) is 6.49. The van der Waals surface area contributed by atoms with Gasteiger partial charge in [-0.1, -0.05) is 42.5 Å². The monoisotopic (exact) mass is 284 g/mol. The Balaban J connectivity index is 2.48. The molecule has 0 aliphatic carbocycles. The number of hydrogen-bond donors (Lipinski definition) is 0. The third kappa shape index (κ3) is 3.48. The quantitative estimate of drug-likeness (QED) is 0.640. The van der Waals surface area contributed by atoms with Crippen LogP contribution in [0.15, 0.2) is 48.0 Å². The number of methoxy groups -OCH3 is 2. The van der Waals surface area contributed by atoms with E-state index in [2.05, 4.69) is 4.74 Å². The third-order valence-corrected chi connectivity index (χ3v) is 3.16. The normalized spacial score (nSPS) is 11.2. The number of carbonyl (C=O) groups is 2. The molecule has 0 saturated carbocycles. The topological polar surface area (TPSA) is 52.6 Å². The third-order valence-electron chi connectivity index (χ3n) is 3.16. The number of carbonyl (C=O) groups excluding carboxylic acids is 2. The molecule has 0 heterocycles. The Morgan fingerprint density at radius 2 is 1.71 bits per heavy atom. The lowest BCUT2D eigenvalue weighted by atomic mass is 10.0. The lowest BCUT2D eigenvalue weighted by molar-refractivity contribution is -0.143. The van der Waals surface area contributed by atoms with Crippen molar-refractivity contribution < 1.29 is 19.1 Å². The van der Waals surface area contributed by atoms with Gasteiger partial charge in [0.15, 0.2) is 0 Å². The number of benzene rings is 2. The van der Waals surface area contributed by atoms with E-state index in [1.54, 1.807) is 6.08 Å². The number of rotatable bonds is 4. The highest BCUT2D eigenvalue weighted by molar-refractivity contribution is 6.01. The van der Waals surface area contributed by atoms with E-state index in [0.29, 0.717) is 0 Å². The molecular weight excluding hydrogens is 268 g/mol. The Hall–Kier alpha value is -2.62. The van der Waals surface area contributed by atoms with Gasteiger partial charge >= 0.3 is 11.9 Å². The van der Waals surface area contributed by atoms with Crippen LogP contribution in [0, 0.1) is 0 Å². The van der Waals surface area contributed by atoms with Gasteiger partial charge in [-0.3, -0.25) is 4.79 Å². The zero-order valence-electron chi connectivity index (χ0n) is 12.0. The van der Waals surface area contributed by atoms with E-state index in [1.165, 1.54) is 14.2 Å². The number of ether oxygens (including phenoxy) is 2. The second-order valence-electron chi connectivity index (χ2n) is 4.48. The molecule has 4 heteroatoms. The van der Waals surface area contributed by atoms with E-state index in [1.807, 2.05) is 42.5 Å². The van der Waals surface area contributed by atoms with Crippen LogP contribution in [0.4, 0.5) is 0 Å². The summed E-state index contributed by atoms with van der Waals surface area (Å²) in [6.45, 7) is 0. The van der Waals surface area contributed by atoms with E-state index in [9.17, 15) is 9.59 Å². The highest BCUT2D eigenvalue weighted by Crippen LogP contribution is 2.22. The van der Waals surface area contributed by atoms with Gasteiger partial charge in [0, 0.05) is 5.57 Å². The summed E-state index contributed by atoms with van der Waals surface area (Å²) < 4.78 is 9.34. The fourth-order valence-corrected chi connectivity index (χ4v) is 2.10. The minimum atomic E-state index is -0.534. The molecule has 2 aromatic rings. The molecule has 0 aromatic heterocycles. The van der Waals surface area contributed by atoms with Crippen LogP contribution in [-0.4, -0.2) is 26.2 Å². The SMILES string of the molecule is COC(=O)CC(=Cc1cccc2ccccc12)C(=O)OC. The van der Waals surface area contributed by atoms with E-state index < -0.39 is 11.9 Å². The molecule has 0 spiro atoms. The van der Waals surface area contributed by atoms with Crippen molar-refractivity contribution in [3.63, 3.8) is 0 Å². The van der Waals surface area contributed by atoms with Crippen LogP contribution in [0.1, 0.15) is 12.0 Å². The van der Waals surface area contributed by atoms with Crippen LogP contribution < -0.4 is 0 Å². The largest absolute Gasteiger partial charge is 0.469 e. The fourth-order valence-electron chi connectivity index (χ4n) is 2.10. The van der Waals surface area contributed by atoms with Gasteiger partial charge in [-0.05, 0) is 22.4 Å². The molecule has 0 saturated heterocycles. The van der Waals surface area contributed by atoms with Crippen molar-refractivity contribution in [2.45, 2.75) is 6.42 Å². The molecule has 0 radical (unpaired) electrons. The van der Waals surface area contributed by atoms with Crippen molar-refractivity contribution >= 4 is 28.8 Å². The highest BCUT2D eigenvalue weighted by atomic mass is 16.5. The zero-order chi connectivity index (χ0) is 15.2. The molecule has 0 bridgehead atoms. The molecule has 108 valence electrons. The van der Waals surface area contributed by atoms with Crippen molar-refractivity contribution in [3.05, 3.63) is 53.6 Å². The predicted molar refractivity (Wildman–Crippen MR) is 80.6 cm³/mol. The molecule has 0 N–H and O–H groups in total. The standard InChI is InChI=1S/C17H16O4/c1-20-16(18)11-14(17(19)21-2)10-13-8-5-7-12-6-3-4-9-15(12)13/h3-10H,11H2,1-2H3. The summed E-state index contributed by atoms with van der Waals surface area (Å²) in [5.74, 6) is -1.01. The van der Waals surface area contributed by atoms with Crippen LogP contribution in [0.3, 0.4) is 0 Å². The lowest BCUT2D eigenvalue weighted by Crippen LogP contribution is -2.11. The summed E-state index contributed by atoms with van der Waals surface area (Å²) in [6, 6.07) is 13.6. The van der Waals surface area contributed by atoms with E-state index in [-0.39, 0.29) is 12.0 Å². The minimum absolute atomic E-state index is 0.119. The average Bonchev–Trinajstić information content (AvgIpc) is 2.53. The van der Waals surface area contributed by atoms with Gasteiger partial charge < -0.3 is 9.47 Å². The maximum atomic E-state index is 11.8. The van der Waals surface area contributed by atoms with Crippen molar-refractivity contribution in [1.29, 1.82) is 0 Å². The first-order valence-electron chi connectivity index (χ1n) is 6.49. The highest BCUT2D eigenvalue weighted by Gasteiger charge is 2.15. The Morgan fingerprint density at radius 1 is 1.00 bits per heavy atom. The Labute approximate surface area is 123 Å². The molecule has 4 nitrogen and oxygen atoms in total. The molecular formula is C17H16O4. The van der Waals surface area contributed by atoms with Gasteiger partial charge in [0.1, 0.15) is 0 Å². The average molecular weight is 284 g/mol. The second kappa shape index (κ2) is 6.70. The summed E-state index contributed by atoms with van der Waals surface area (Å²) in [5, 5.41) is 2.07. The molecule has 0 aliphatic rings. The van der Waals surface area contributed by atoms with Crippen molar-refractivity contribution in [2.24, 2.45) is 0 Å². The van der Waals surface area contributed by atoms with Gasteiger partial charge in [0.05, 0.1) is 20.6 Å². The molecule has 0 amide bonds. The molecule has 0 fully saturated rings. The van der Waals surface area contributed by atoms with Crippen LogP contribution in [0.25, 0.3) is 16.8 Å². The predicted octanol–water partition coefficient (Wildman–Crippen LogP) is 2.96. The van der Waals surface area contributed by atoms with Gasteiger partial charge in [-0.25, -0.2) is 4.79 Å². The van der Waals surface area contributed by atoms with E-state index in [0.717, 1.165) is 16.3 Å². The Morgan fingerprint density at radius 3 is 2.43 bits per heavy atom. The number of esters is 2. The van der Waals surface area contributed by atoms with Crippen LogP contribution in [-0.2, 0) is 19.1 Å². The van der Waals surface area contributed by atoms with Crippen LogP contribution >= 0.6 is 0 Å². The van der Waals surface area contributed by atoms with Crippen molar-refractivity contribution in [1.82, 2.24) is 0 Å². The molecule has 21 heavy (non-hydrogen) atoms. The van der Waals surface area contributed by atoms with E-state index >= 15 is 0 Å². The number of hydrogen-bond acceptors (Lipinski definition) is 4. The molecule has 0 aliphatic heterocycles. The minimum Gasteiger partial charge on any atom is -0.469 e. The summed E-state index contributed by atoms with van der Waals surface area (Å²) in [7, 11) is 2.58. The zero-order valence-corrected chi connectivity index (χ0v) is 12.0. The smallest absolute Gasteiger partial charge is 0.334 e. The second-order valence-corrected chi connectivity index (χ2v) is 4.48. The van der Waals surface area contributed by atoms with E-state index in [4.69, 9.17) is 4.74 Å². The first-order chi connectivity index (χ1) is 10.2. The molecule has 0 unspecified atom stereocenters. The summed E-state index contributed by atoms with van der Waals surface area (Å²) in [6.07, 6.45) is 1.55. The van der Waals surface area contributed by atoms with Gasteiger partial charge in [-0.15, -0.1) is 0 Å². The van der Waals surface area contributed by atoms with Crippen molar-refractivity contribution in [2.75, 3.05) is 14.2 Å². The van der Waals surface area contributed by atoms with Gasteiger partial charge in [0.25, 0.3) is 0 Å². The molecule has 0 atom stereocenters.